The van der Waals surface area contributed by atoms with Crippen LogP contribution in [0, 0.1) is 3.57 Å². The summed E-state index contributed by atoms with van der Waals surface area (Å²) in [7, 11) is 3.31. The van der Waals surface area contributed by atoms with E-state index in [1.165, 1.54) is 9.13 Å². The standard InChI is InChI=1S/C21H22IN3O2/c1-26-18-11-6-14(13-19(18)27-2)20-17-5-3-4-12-23-21(17)25(24-20)16-9-7-15(22)8-10-16/h6-11,13,23H,3-5,12H2,1-2H3. The lowest BCUT2D eigenvalue weighted by Crippen LogP contribution is -2.07. The van der Waals surface area contributed by atoms with Crippen LogP contribution in [0.3, 0.4) is 0 Å². The lowest BCUT2D eigenvalue weighted by molar-refractivity contribution is 0.355. The molecule has 2 heterocycles. The Morgan fingerprint density at radius 1 is 1.00 bits per heavy atom. The normalized spacial score (nSPS) is 13.4. The summed E-state index contributed by atoms with van der Waals surface area (Å²) in [5.41, 5.74) is 4.36. The third-order valence-corrected chi connectivity index (χ3v) is 5.58. The Labute approximate surface area is 172 Å². The van der Waals surface area contributed by atoms with Crippen LogP contribution in [0.5, 0.6) is 11.5 Å². The minimum atomic E-state index is 0.717. The second-order valence-corrected chi connectivity index (χ2v) is 7.76. The van der Waals surface area contributed by atoms with Crippen molar-refractivity contribution in [3.05, 3.63) is 51.6 Å². The van der Waals surface area contributed by atoms with Crippen LogP contribution in [-0.2, 0) is 6.42 Å². The van der Waals surface area contributed by atoms with Crippen LogP contribution < -0.4 is 14.8 Å². The zero-order valence-electron chi connectivity index (χ0n) is 15.5. The molecule has 3 aromatic rings. The molecule has 27 heavy (non-hydrogen) atoms. The maximum absolute atomic E-state index is 5.50. The molecule has 0 aliphatic carbocycles. The van der Waals surface area contributed by atoms with Crippen LogP contribution in [0.1, 0.15) is 18.4 Å². The van der Waals surface area contributed by atoms with Crippen molar-refractivity contribution in [2.24, 2.45) is 0 Å². The Kier molecular flexibility index (Phi) is 5.24. The predicted octanol–water partition coefficient (Wildman–Crippen LogP) is 4.91. The second-order valence-electron chi connectivity index (χ2n) is 6.52. The highest BCUT2D eigenvalue weighted by molar-refractivity contribution is 14.1. The first kappa shape index (κ1) is 18.2. The molecule has 0 unspecified atom stereocenters. The molecule has 4 rings (SSSR count). The minimum Gasteiger partial charge on any atom is -0.493 e. The van der Waals surface area contributed by atoms with Gasteiger partial charge in [0.1, 0.15) is 5.82 Å². The number of halogens is 1. The SMILES string of the molecule is COc1ccc(-c2nn(-c3ccc(I)cc3)c3c2CCCCN3)cc1OC. The number of anilines is 1. The number of aromatic nitrogens is 2. The molecule has 0 saturated heterocycles. The van der Waals surface area contributed by atoms with Gasteiger partial charge < -0.3 is 14.8 Å². The molecule has 0 amide bonds. The van der Waals surface area contributed by atoms with Crippen LogP contribution in [0.15, 0.2) is 42.5 Å². The Bertz CT molecular complexity index is 951. The first-order valence-corrected chi connectivity index (χ1v) is 10.1. The zero-order chi connectivity index (χ0) is 18.8. The highest BCUT2D eigenvalue weighted by atomic mass is 127. The predicted molar refractivity (Wildman–Crippen MR) is 116 cm³/mol. The molecule has 1 N–H and O–H groups in total. The summed E-state index contributed by atoms with van der Waals surface area (Å²) in [6, 6.07) is 14.4. The van der Waals surface area contributed by atoms with Crippen LogP contribution in [0.2, 0.25) is 0 Å². The fourth-order valence-electron chi connectivity index (χ4n) is 3.49. The largest absolute Gasteiger partial charge is 0.493 e. The van der Waals surface area contributed by atoms with Crippen molar-refractivity contribution < 1.29 is 9.47 Å². The van der Waals surface area contributed by atoms with E-state index in [9.17, 15) is 0 Å². The highest BCUT2D eigenvalue weighted by Crippen LogP contribution is 2.37. The molecule has 6 heteroatoms. The number of ether oxygens (including phenoxy) is 2. The molecule has 1 aliphatic heterocycles. The van der Waals surface area contributed by atoms with E-state index in [0.29, 0.717) is 5.75 Å². The average Bonchev–Trinajstić information content (AvgIpc) is 2.89. The van der Waals surface area contributed by atoms with Crippen LogP contribution >= 0.6 is 22.6 Å². The van der Waals surface area contributed by atoms with Crippen molar-refractivity contribution in [1.82, 2.24) is 9.78 Å². The van der Waals surface area contributed by atoms with Crippen LogP contribution in [0.4, 0.5) is 5.82 Å². The van der Waals surface area contributed by atoms with Crippen molar-refractivity contribution in [3.63, 3.8) is 0 Å². The first-order valence-electron chi connectivity index (χ1n) is 9.05. The topological polar surface area (TPSA) is 48.3 Å². The fraction of sp³-hybridized carbons (Fsp3) is 0.286. The van der Waals surface area contributed by atoms with E-state index < -0.39 is 0 Å². The Balaban J connectivity index is 1.87. The van der Waals surface area contributed by atoms with Gasteiger partial charge >= 0.3 is 0 Å². The van der Waals surface area contributed by atoms with Crippen LogP contribution in [-0.4, -0.2) is 30.5 Å². The summed E-state index contributed by atoms with van der Waals surface area (Å²) in [5.74, 6) is 2.54. The molecule has 2 aromatic carbocycles. The monoisotopic (exact) mass is 475 g/mol. The third-order valence-electron chi connectivity index (χ3n) is 4.86. The number of nitrogens with one attached hydrogen (secondary N) is 1. The molecule has 140 valence electrons. The molecule has 5 nitrogen and oxygen atoms in total. The smallest absolute Gasteiger partial charge is 0.161 e. The lowest BCUT2D eigenvalue weighted by atomic mass is 10.0. The van der Waals surface area contributed by atoms with Gasteiger partial charge in [0.15, 0.2) is 11.5 Å². The quantitative estimate of drug-likeness (QED) is 0.545. The van der Waals surface area contributed by atoms with Gasteiger partial charge in [0, 0.05) is 21.2 Å². The van der Waals surface area contributed by atoms with Gasteiger partial charge in [-0.2, -0.15) is 5.10 Å². The van der Waals surface area contributed by atoms with E-state index in [-0.39, 0.29) is 0 Å². The Morgan fingerprint density at radius 2 is 1.78 bits per heavy atom. The molecule has 0 radical (unpaired) electrons. The lowest BCUT2D eigenvalue weighted by Gasteiger charge is -2.09. The van der Waals surface area contributed by atoms with Crippen molar-refractivity contribution >= 4 is 28.4 Å². The van der Waals surface area contributed by atoms with Crippen LogP contribution in [0.25, 0.3) is 16.9 Å². The summed E-state index contributed by atoms with van der Waals surface area (Å²) < 4.78 is 14.1. The number of hydrogen-bond acceptors (Lipinski definition) is 4. The summed E-state index contributed by atoms with van der Waals surface area (Å²) in [6.45, 7) is 0.967. The van der Waals surface area contributed by atoms with Gasteiger partial charge in [-0.1, -0.05) is 0 Å². The van der Waals surface area contributed by atoms with Gasteiger partial charge in [-0.05, 0) is 84.3 Å². The third kappa shape index (κ3) is 3.50. The van der Waals surface area contributed by atoms with E-state index in [1.807, 2.05) is 22.9 Å². The van der Waals surface area contributed by atoms with Gasteiger partial charge in [-0.3, -0.25) is 0 Å². The van der Waals surface area contributed by atoms with Crippen molar-refractivity contribution in [1.29, 1.82) is 0 Å². The molecule has 0 atom stereocenters. The number of nitrogens with zero attached hydrogens (tertiary/aromatic N) is 2. The number of benzene rings is 2. The minimum absolute atomic E-state index is 0.717. The molecule has 0 fully saturated rings. The molecular weight excluding hydrogens is 453 g/mol. The fourth-order valence-corrected chi connectivity index (χ4v) is 3.85. The van der Waals surface area contributed by atoms with E-state index in [2.05, 4.69) is 52.2 Å². The van der Waals surface area contributed by atoms with Gasteiger partial charge in [-0.25, -0.2) is 4.68 Å². The Hall–Kier alpha value is -2.22. The average molecular weight is 475 g/mol. The Morgan fingerprint density at radius 3 is 2.52 bits per heavy atom. The highest BCUT2D eigenvalue weighted by Gasteiger charge is 2.22. The van der Waals surface area contributed by atoms with Crippen molar-refractivity contribution in [3.8, 4) is 28.4 Å². The van der Waals surface area contributed by atoms with Gasteiger partial charge in [-0.15, -0.1) is 0 Å². The van der Waals surface area contributed by atoms with Gasteiger partial charge in [0.2, 0.25) is 0 Å². The van der Waals surface area contributed by atoms with Gasteiger partial charge in [0.25, 0.3) is 0 Å². The molecule has 0 saturated carbocycles. The molecule has 0 bridgehead atoms. The maximum Gasteiger partial charge on any atom is 0.161 e. The summed E-state index contributed by atoms with van der Waals surface area (Å²) in [5, 5.41) is 8.58. The number of methoxy groups -OCH3 is 2. The number of fused-ring (bicyclic) bond motifs is 1. The molecule has 0 spiro atoms. The molecule has 1 aliphatic rings. The van der Waals surface area contributed by atoms with Crippen molar-refractivity contribution in [2.75, 3.05) is 26.1 Å². The number of rotatable bonds is 4. The molecular formula is C21H22IN3O2. The van der Waals surface area contributed by atoms with Gasteiger partial charge in [0.05, 0.1) is 25.6 Å². The molecule has 1 aromatic heterocycles. The van der Waals surface area contributed by atoms with E-state index >= 15 is 0 Å². The maximum atomic E-state index is 5.50. The number of hydrogen-bond donors (Lipinski definition) is 1. The second kappa shape index (κ2) is 7.80. The summed E-state index contributed by atoms with van der Waals surface area (Å²) >= 11 is 2.32. The van der Waals surface area contributed by atoms with E-state index in [4.69, 9.17) is 14.6 Å². The summed E-state index contributed by atoms with van der Waals surface area (Å²) in [4.78, 5) is 0. The van der Waals surface area contributed by atoms with Crippen molar-refractivity contribution in [2.45, 2.75) is 19.3 Å². The van der Waals surface area contributed by atoms with E-state index in [1.54, 1.807) is 14.2 Å². The first-order chi connectivity index (χ1) is 13.2. The zero-order valence-corrected chi connectivity index (χ0v) is 17.6. The van der Waals surface area contributed by atoms with E-state index in [0.717, 1.165) is 54.3 Å². The summed E-state index contributed by atoms with van der Waals surface area (Å²) in [6.07, 6.45) is 3.32.